The summed E-state index contributed by atoms with van der Waals surface area (Å²) in [6, 6.07) is 17.9. The number of aromatic nitrogens is 7. The van der Waals surface area contributed by atoms with E-state index in [4.69, 9.17) is 4.74 Å². The Bertz CT molecular complexity index is 1360. The van der Waals surface area contributed by atoms with E-state index in [2.05, 4.69) is 43.3 Å². The third-order valence-corrected chi connectivity index (χ3v) is 6.01. The van der Waals surface area contributed by atoms with Crippen molar-refractivity contribution in [1.29, 1.82) is 0 Å². The summed E-state index contributed by atoms with van der Waals surface area (Å²) in [4.78, 5) is 0. The van der Waals surface area contributed by atoms with E-state index in [1.165, 1.54) is 0 Å². The molecule has 5 aromatic rings. The average molecular weight is 402 g/mol. The minimum Gasteiger partial charge on any atom is -0.497 e. The van der Waals surface area contributed by atoms with E-state index in [0.29, 0.717) is 0 Å². The van der Waals surface area contributed by atoms with Crippen molar-refractivity contribution in [3.8, 4) is 17.1 Å². The SMILES string of the molecule is COc1ccc(-c2nnc3n2NC(c2cc4ccccc4n4nnnc24)S3)cc1. The summed E-state index contributed by atoms with van der Waals surface area (Å²) >= 11 is 1.58. The van der Waals surface area contributed by atoms with Gasteiger partial charge in [-0.3, -0.25) is 0 Å². The maximum Gasteiger partial charge on any atom is 0.212 e. The van der Waals surface area contributed by atoms with E-state index in [0.717, 1.165) is 44.4 Å². The van der Waals surface area contributed by atoms with E-state index in [9.17, 15) is 0 Å². The highest BCUT2D eigenvalue weighted by Gasteiger charge is 2.30. The zero-order chi connectivity index (χ0) is 19.4. The first-order valence-electron chi connectivity index (χ1n) is 8.94. The van der Waals surface area contributed by atoms with E-state index in [1.807, 2.05) is 47.1 Å². The Hall–Kier alpha value is -3.66. The number of pyridine rings is 1. The summed E-state index contributed by atoms with van der Waals surface area (Å²) in [5.41, 5.74) is 7.12. The van der Waals surface area contributed by atoms with Crippen LogP contribution >= 0.6 is 11.8 Å². The first-order chi connectivity index (χ1) is 14.3. The van der Waals surface area contributed by atoms with Crippen molar-refractivity contribution in [2.45, 2.75) is 10.5 Å². The minimum absolute atomic E-state index is 0.0874. The first kappa shape index (κ1) is 16.3. The van der Waals surface area contributed by atoms with Crippen molar-refractivity contribution >= 4 is 28.3 Å². The van der Waals surface area contributed by atoms with Crippen molar-refractivity contribution < 1.29 is 4.74 Å². The van der Waals surface area contributed by atoms with Crippen LogP contribution in [0, 0.1) is 0 Å². The Morgan fingerprint density at radius 2 is 1.90 bits per heavy atom. The number of rotatable bonds is 3. The maximum atomic E-state index is 5.24. The van der Waals surface area contributed by atoms with Crippen LogP contribution in [0.1, 0.15) is 10.9 Å². The van der Waals surface area contributed by atoms with Crippen molar-refractivity contribution in [1.82, 2.24) is 34.9 Å². The molecule has 142 valence electrons. The van der Waals surface area contributed by atoms with Gasteiger partial charge >= 0.3 is 0 Å². The van der Waals surface area contributed by atoms with Gasteiger partial charge < -0.3 is 10.2 Å². The number of ether oxygens (including phenoxy) is 1. The molecule has 0 saturated heterocycles. The van der Waals surface area contributed by atoms with Gasteiger partial charge in [-0.15, -0.1) is 15.3 Å². The van der Waals surface area contributed by atoms with Gasteiger partial charge in [0.1, 0.15) is 11.1 Å². The summed E-state index contributed by atoms with van der Waals surface area (Å²) in [5.74, 6) is 1.54. The van der Waals surface area contributed by atoms with Gasteiger partial charge in [-0.2, -0.15) is 4.52 Å². The molecule has 0 saturated carbocycles. The minimum atomic E-state index is -0.0874. The molecule has 2 aromatic carbocycles. The van der Waals surface area contributed by atoms with Crippen molar-refractivity contribution in [3.05, 3.63) is 60.2 Å². The fourth-order valence-electron chi connectivity index (χ4n) is 3.53. The number of fused-ring (bicyclic) bond motifs is 4. The van der Waals surface area contributed by atoms with Crippen LogP contribution in [0.4, 0.5) is 0 Å². The standard InChI is InChI=1S/C19H14N8OS/c1-28-13-8-6-11(7-9-13)16-20-22-19-27(16)23-18(29-19)14-10-12-4-2-3-5-15(12)26-17(14)21-24-25-26/h2-10,18,23H,1H3. The molecule has 1 atom stereocenters. The first-order valence-corrected chi connectivity index (χ1v) is 9.82. The smallest absolute Gasteiger partial charge is 0.212 e. The van der Waals surface area contributed by atoms with Crippen LogP contribution in [0.25, 0.3) is 27.9 Å². The van der Waals surface area contributed by atoms with Crippen LogP contribution in [-0.4, -0.2) is 42.0 Å². The van der Waals surface area contributed by atoms with E-state index >= 15 is 0 Å². The lowest BCUT2D eigenvalue weighted by Crippen LogP contribution is -2.15. The highest BCUT2D eigenvalue weighted by atomic mass is 32.2. The number of hydrogen-bond donors (Lipinski definition) is 1. The number of hydrogen-bond acceptors (Lipinski definition) is 8. The number of tetrazole rings is 1. The average Bonchev–Trinajstić information content (AvgIpc) is 3.49. The van der Waals surface area contributed by atoms with E-state index in [-0.39, 0.29) is 5.37 Å². The predicted octanol–water partition coefficient (Wildman–Crippen LogP) is 2.89. The van der Waals surface area contributed by atoms with Crippen LogP contribution in [-0.2, 0) is 0 Å². The maximum absolute atomic E-state index is 5.24. The number of thioether (sulfide) groups is 1. The summed E-state index contributed by atoms with van der Waals surface area (Å²) in [7, 11) is 1.65. The molecule has 1 aliphatic heterocycles. The zero-order valence-electron chi connectivity index (χ0n) is 15.2. The van der Waals surface area contributed by atoms with Crippen LogP contribution in [0.2, 0.25) is 0 Å². The van der Waals surface area contributed by atoms with E-state index in [1.54, 1.807) is 23.4 Å². The summed E-state index contributed by atoms with van der Waals surface area (Å²) in [6.45, 7) is 0. The Labute approximate surface area is 168 Å². The third-order valence-electron chi connectivity index (χ3n) is 4.94. The molecule has 0 bridgehead atoms. The van der Waals surface area contributed by atoms with Gasteiger partial charge in [0.2, 0.25) is 5.16 Å². The summed E-state index contributed by atoms with van der Waals surface area (Å²) in [5, 5.41) is 22.8. The monoisotopic (exact) mass is 402 g/mol. The summed E-state index contributed by atoms with van der Waals surface area (Å²) < 4.78 is 8.92. The van der Waals surface area contributed by atoms with Crippen LogP contribution < -0.4 is 10.2 Å². The lowest BCUT2D eigenvalue weighted by Gasteiger charge is -2.14. The molecule has 4 heterocycles. The third kappa shape index (κ3) is 2.46. The molecule has 3 aromatic heterocycles. The lowest BCUT2D eigenvalue weighted by molar-refractivity contribution is 0.415. The normalized spacial score (nSPS) is 15.6. The summed E-state index contributed by atoms with van der Waals surface area (Å²) in [6.07, 6.45) is 0. The van der Waals surface area contributed by atoms with Gasteiger partial charge in [-0.1, -0.05) is 30.0 Å². The molecule has 0 spiro atoms. The fraction of sp³-hybridized carbons (Fsp3) is 0.105. The lowest BCUT2D eigenvalue weighted by atomic mass is 10.1. The molecule has 0 radical (unpaired) electrons. The van der Waals surface area contributed by atoms with Gasteiger partial charge in [0, 0.05) is 16.5 Å². The van der Waals surface area contributed by atoms with Crippen LogP contribution in [0.3, 0.4) is 0 Å². The second kappa shape index (κ2) is 6.17. The number of nitrogens with zero attached hydrogens (tertiary/aromatic N) is 7. The van der Waals surface area contributed by atoms with Gasteiger partial charge in [-0.25, -0.2) is 4.68 Å². The van der Waals surface area contributed by atoms with Gasteiger partial charge in [0.25, 0.3) is 0 Å². The second-order valence-corrected chi connectivity index (χ2v) is 7.64. The highest BCUT2D eigenvalue weighted by molar-refractivity contribution is 7.99. The Morgan fingerprint density at radius 3 is 2.76 bits per heavy atom. The predicted molar refractivity (Wildman–Crippen MR) is 108 cm³/mol. The number of methoxy groups -OCH3 is 1. The molecule has 0 fully saturated rings. The fourth-order valence-corrected chi connectivity index (χ4v) is 4.53. The molecule has 0 amide bonds. The van der Waals surface area contributed by atoms with Crippen LogP contribution in [0.15, 0.2) is 59.8 Å². The van der Waals surface area contributed by atoms with Gasteiger partial charge in [-0.05, 0) is 46.8 Å². The molecule has 1 N–H and O–H groups in total. The molecule has 0 aliphatic carbocycles. The number of nitrogens with one attached hydrogen (secondary N) is 1. The quantitative estimate of drug-likeness (QED) is 0.492. The molecule has 1 unspecified atom stereocenters. The Kier molecular flexibility index (Phi) is 3.47. The van der Waals surface area contributed by atoms with Crippen molar-refractivity contribution in [2.24, 2.45) is 0 Å². The molecule has 1 aliphatic rings. The molecule has 9 nitrogen and oxygen atoms in total. The highest BCUT2D eigenvalue weighted by Crippen LogP contribution is 2.42. The van der Waals surface area contributed by atoms with Crippen molar-refractivity contribution in [3.63, 3.8) is 0 Å². The van der Waals surface area contributed by atoms with Gasteiger partial charge in [0.15, 0.2) is 11.5 Å². The Morgan fingerprint density at radius 1 is 1.03 bits per heavy atom. The van der Waals surface area contributed by atoms with Crippen LogP contribution in [0.5, 0.6) is 5.75 Å². The number of para-hydroxylation sites is 1. The van der Waals surface area contributed by atoms with Gasteiger partial charge in [0.05, 0.1) is 12.6 Å². The second-order valence-electron chi connectivity index (χ2n) is 6.57. The topological polar surface area (TPSA) is 95.1 Å². The largest absolute Gasteiger partial charge is 0.497 e. The molecular formula is C19H14N8OS. The Balaban J connectivity index is 1.42. The molecule has 6 rings (SSSR count). The van der Waals surface area contributed by atoms with Crippen molar-refractivity contribution in [2.75, 3.05) is 12.5 Å². The molecule has 29 heavy (non-hydrogen) atoms. The van der Waals surface area contributed by atoms with E-state index < -0.39 is 0 Å². The molecule has 10 heteroatoms. The zero-order valence-corrected chi connectivity index (χ0v) is 16.0. The number of benzene rings is 2. The molecular weight excluding hydrogens is 388 g/mol.